The molecule has 12 heavy (non-hydrogen) atoms. The van der Waals surface area contributed by atoms with Crippen molar-refractivity contribution in [3.05, 3.63) is 24.3 Å². The molecular formula is C7H6N4S. The van der Waals surface area contributed by atoms with Gasteiger partial charge < -0.3 is 0 Å². The lowest BCUT2D eigenvalue weighted by molar-refractivity contribution is 0.881. The number of hydrogen-bond donors (Lipinski definition) is 2. The molecule has 0 aliphatic carbocycles. The minimum atomic E-state index is 0.670. The normalized spacial score (nSPS) is 10.1. The second-order valence-corrected chi connectivity index (χ2v) is 2.81. The van der Waals surface area contributed by atoms with Crippen LogP contribution in [0.15, 0.2) is 29.2 Å². The van der Waals surface area contributed by atoms with Crippen LogP contribution in [-0.4, -0.2) is 20.6 Å². The molecule has 2 rings (SSSR count). The van der Waals surface area contributed by atoms with Crippen molar-refractivity contribution >= 4 is 12.6 Å². The van der Waals surface area contributed by atoms with E-state index in [1.165, 1.54) is 0 Å². The second-order valence-electron chi connectivity index (χ2n) is 2.30. The van der Waals surface area contributed by atoms with Gasteiger partial charge in [0.25, 0.3) is 0 Å². The molecule has 0 unspecified atom stereocenters. The molecule has 0 bridgehead atoms. The maximum atomic E-state index is 4.17. The van der Waals surface area contributed by atoms with Crippen molar-refractivity contribution in [2.75, 3.05) is 0 Å². The molecule has 0 fully saturated rings. The van der Waals surface area contributed by atoms with Gasteiger partial charge in [0.05, 0.1) is 0 Å². The number of tetrazole rings is 1. The number of nitrogens with zero attached hydrogens (tertiary/aromatic N) is 3. The summed E-state index contributed by atoms with van der Waals surface area (Å²) in [6, 6.07) is 7.59. The van der Waals surface area contributed by atoms with Crippen molar-refractivity contribution in [3.8, 4) is 11.4 Å². The topological polar surface area (TPSA) is 54.5 Å². The fraction of sp³-hybridized carbons (Fsp3) is 0. The number of hydrogen-bond acceptors (Lipinski definition) is 4. The largest absolute Gasteiger partial charge is 0.239 e. The Balaban J connectivity index is 2.43. The van der Waals surface area contributed by atoms with Crippen molar-refractivity contribution in [2.24, 2.45) is 0 Å². The summed E-state index contributed by atoms with van der Waals surface area (Å²) < 4.78 is 0. The Labute approximate surface area is 74.4 Å². The van der Waals surface area contributed by atoms with E-state index in [1.54, 1.807) is 0 Å². The highest BCUT2D eigenvalue weighted by molar-refractivity contribution is 7.80. The van der Waals surface area contributed by atoms with Gasteiger partial charge in [-0.3, -0.25) is 0 Å². The molecule has 1 aromatic carbocycles. The van der Waals surface area contributed by atoms with Gasteiger partial charge in [-0.15, -0.1) is 17.7 Å². The molecule has 0 spiro atoms. The highest BCUT2D eigenvalue weighted by Gasteiger charge is 1.99. The van der Waals surface area contributed by atoms with E-state index in [9.17, 15) is 0 Å². The van der Waals surface area contributed by atoms with Crippen molar-refractivity contribution in [2.45, 2.75) is 4.90 Å². The third-order valence-electron chi connectivity index (χ3n) is 1.49. The molecule has 1 heterocycles. The Morgan fingerprint density at radius 2 is 1.92 bits per heavy atom. The highest BCUT2D eigenvalue weighted by atomic mass is 32.1. The maximum Gasteiger partial charge on any atom is 0.179 e. The number of nitrogens with one attached hydrogen (secondary N) is 1. The first-order valence-corrected chi connectivity index (χ1v) is 3.84. The molecular weight excluding hydrogens is 172 g/mol. The van der Waals surface area contributed by atoms with Crippen molar-refractivity contribution in [1.82, 2.24) is 20.6 Å². The number of aromatic nitrogens is 4. The zero-order chi connectivity index (χ0) is 8.39. The van der Waals surface area contributed by atoms with E-state index in [1.807, 2.05) is 24.3 Å². The lowest BCUT2D eigenvalue weighted by atomic mass is 10.2. The monoisotopic (exact) mass is 178 g/mol. The summed E-state index contributed by atoms with van der Waals surface area (Å²) in [7, 11) is 0. The fourth-order valence-electron chi connectivity index (χ4n) is 0.901. The molecule has 60 valence electrons. The van der Waals surface area contributed by atoms with Gasteiger partial charge in [0, 0.05) is 10.5 Å². The maximum absolute atomic E-state index is 4.17. The number of aromatic amines is 1. The van der Waals surface area contributed by atoms with Crippen molar-refractivity contribution < 1.29 is 0 Å². The summed E-state index contributed by atoms with van der Waals surface area (Å²) in [5.41, 5.74) is 0.956. The van der Waals surface area contributed by atoms with Crippen LogP contribution in [0.1, 0.15) is 0 Å². The van der Waals surface area contributed by atoms with E-state index in [2.05, 4.69) is 33.3 Å². The lowest BCUT2D eigenvalue weighted by Crippen LogP contribution is -1.79. The highest BCUT2D eigenvalue weighted by Crippen LogP contribution is 2.15. The zero-order valence-electron chi connectivity index (χ0n) is 6.10. The lowest BCUT2D eigenvalue weighted by Gasteiger charge is -1.93. The van der Waals surface area contributed by atoms with E-state index in [0.717, 1.165) is 10.5 Å². The van der Waals surface area contributed by atoms with Crippen LogP contribution in [0.4, 0.5) is 0 Å². The first kappa shape index (κ1) is 7.30. The summed E-state index contributed by atoms with van der Waals surface area (Å²) in [5.74, 6) is 0.670. The molecule has 0 saturated heterocycles. The van der Waals surface area contributed by atoms with Gasteiger partial charge in [0.2, 0.25) is 0 Å². The molecule has 0 radical (unpaired) electrons. The van der Waals surface area contributed by atoms with E-state index in [4.69, 9.17) is 0 Å². The third kappa shape index (κ3) is 1.31. The average Bonchev–Trinajstić information content (AvgIpc) is 2.58. The fourth-order valence-corrected chi connectivity index (χ4v) is 1.05. The van der Waals surface area contributed by atoms with Crippen LogP contribution in [-0.2, 0) is 0 Å². The van der Waals surface area contributed by atoms with E-state index in [0.29, 0.717) is 5.82 Å². The quantitative estimate of drug-likeness (QED) is 0.644. The predicted molar refractivity (Wildman–Crippen MR) is 46.9 cm³/mol. The summed E-state index contributed by atoms with van der Waals surface area (Å²) in [5, 5.41) is 13.4. The van der Waals surface area contributed by atoms with Gasteiger partial charge in [-0.1, -0.05) is 12.1 Å². The molecule has 0 aliphatic heterocycles. The molecule has 1 aromatic heterocycles. The van der Waals surface area contributed by atoms with Gasteiger partial charge >= 0.3 is 0 Å². The predicted octanol–water partition coefficient (Wildman–Crippen LogP) is 1.16. The molecule has 4 nitrogen and oxygen atoms in total. The number of thiol groups is 1. The molecule has 0 amide bonds. The third-order valence-corrected chi connectivity index (χ3v) is 1.78. The molecule has 0 aliphatic rings. The average molecular weight is 178 g/mol. The van der Waals surface area contributed by atoms with Crippen LogP contribution in [0.25, 0.3) is 11.4 Å². The molecule has 0 saturated carbocycles. The summed E-state index contributed by atoms with van der Waals surface area (Å²) in [6.07, 6.45) is 0. The van der Waals surface area contributed by atoms with Crippen LogP contribution in [0.5, 0.6) is 0 Å². The Bertz CT molecular complexity index is 353. The standard InChI is InChI=1S/C7H6N4S/c12-6-3-1-5(2-4-6)7-8-10-11-9-7/h1-4,12H,(H,8,9,10,11). The summed E-state index contributed by atoms with van der Waals surface area (Å²) in [6.45, 7) is 0. The number of rotatable bonds is 1. The minimum absolute atomic E-state index is 0.670. The van der Waals surface area contributed by atoms with Gasteiger partial charge in [0.15, 0.2) is 5.82 Å². The number of H-pyrrole nitrogens is 1. The number of benzene rings is 1. The van der Waals surface area contributed by atoms with Crippen LogP contribution >= 0.6 is 12.6 Å². The Morgan fingerprint density at radius 3 is 2.50 bits per heavy atom. The Hall–Kier alpha value is -1.36. The Morgan fingerprint density at radius 1 is 1.17 bits per heavy atom. The van der Waals surface area contributed by atoms with Gasteiger partial charge in [-0.25, -0.2) is 5.10 Å². The Kier molecular flexibility index (Phi) is 1.79. The van der Waals surface area contributed by atoms with Crippen LogP contribution in [0.2, 0.25) is 0 Å². The second kappa shape index (κ2) is 2.94. The molecule has 0 atom stereocenters. The molecule has 1 N–H and O–H groups in total. The smallest absolute Gasteiger partial charge is 0.179 e. The van der Waals surface area contributed by atoms with E-state index in [-0.39, 0.29) is 0 Å². The first-order chi connectivity index (χ1) is 5.86. The molecule has 5 heteroatoms. The minimum Gasteiger partial charge on any atom is -0.239 e. The van der Waals surface area contributed by atoms with Crippen molar-refractivity contribution in [3.63, 3.8) is 0 Å². The summed E-state index contributed by atoms with van der Waals surface area (Å²) >= 11 is 4.17. The van der Waals surface area contributed by atoms with Gasteiger partial charge in [-0.2, -0.15) is 0 Å². The van der Waals surface area contributed by atoms with Crippen LogP contribution < -0.4 is 0 Å². The van der Waals surface area contributed by atoms with E-state index < -0.39 is 0 Å². The molecule has 2 aromatic rings. The van der Waals surface area contributed by atoms with Crippen LogP contribution in [0, 0.1) is 0 Å². The van der Waals surface area contributed by atoms with E-state index >= 15 is 0 Å². The summed E-state index contributed by atoms with van der Waals surface area (Å²) in [4.78, 5) is 0.922. The van der Waals surface area contributed by atoms with Crippen LogP contribution in [0.3, 0.4) is 0 Å². The first-order valence-electron chi connectivity index (χ1n) is 3.39. The van der Waals surface area contributed by atoms with Crippen molar-refractivity contribution in [1.29, 1.82) is 0 Å². The van der Waals surface area contributed by atoms with Gasteiger partial charge in [-0.05, 0) is 22.6 Å². The zero-order valence-corrected chi connectivity index (χ0v) is 6.99. The SMILES string of the molecule is Sc1ccc(-c2nnn[nH]2)cc1. The van der Waals surface area contributed by atoms with Gasteiger partial charge in [0.1, 0.15) is 0 Å².